The van der Waals surface area contributed by atoms with E-state index in [4.69, 9.17) is 10.8 Å². The van der Waals surface area contributed by atoms with Gasteiger partial charge in [-0.05, 0) is 18.2 Å². The first kappa shape index (κ1) is 15.5. The lowest BCUT2D eigenvalue weighted by molar-refractivity contribution is -0.138. The number of benzene rings is 1. The van der Waals surface area contributed by atoms with E-state index in [-0.39, 0.29) is 18.0 Å². The Bertz CT molecular complexity index is 440. The summed E-state index contributed by atoms with van der Waals surface area (Å²) in [4.78, 5) is 21.8. The van der Waals surface area contributed by atoms with Crippen LogP contribution in [0, 0.1) is 11.6 Å². The molecule has 0 heterocycles. The molecule has 0 radical (unpaired) electrons. The highest BCUT2D eigenvalue weighted by Gasteiger charge is 2.18. The standard InChI is InChI=1S/C10H9F2NO3.ClH/c11-6-2-1-5(3-7(6)12)9(14)4-8(13)10(15)16;/h1-3,8H,4,13H2,(H,15,16);1H/t8-;/m1./s1. The van der Waals surface area contributed by atoms with Gasteiger partial charge in [-0.3, -0.25) is 9.59 Å². The molecule has 0 aliphatic rings. The summed E-state index contributed by atoms with van der Waals surface area (Å²) in [6, 6.07) is 1.25. The van der Waals surface area contributed by atoms with Crippen molar-refractivity contribution in [3.8, 4) is 0 Å². The molecule has 0 unspecified atom stereocenters. The molecule has 94 valence electrons. The minimum absolute atomic E-state index is 0. The van der Waals surface area contributed by atoms with Gasteiger partial charge in [0, 0.05) is 12.0 Å². The van der Waals surface area contributed by atoms with Crippen molar-refractivity contribution in [2.24, 2.45) is 5.73 Å². The van der Waals surface area contributed by atoms with Gasteiger partial charge in [0.15, 0.2) is 17.4 Å². The van der Waals surface area contributed by atoms with Gasteiger partial charge in [-0.1, -0.05) is 0 Å². The van der Waals surface area contributed by atoms with Gasteiger partial charge in [0.05, 0.1) is 0 Å². The van der Waals surface area contributed by atoms with Gasteiger partial charge >= 0.3 is 5.97 Å². The zero-order valence-corrected chi connectivity index (χ0v) is 9.34. The van der Waals surface area contributed by atoms with E-state index >= 15 is 0 Å². The first-order valence-corrected chi connectivity index (χ1v) is 4.38. The minimum atomic E-state index is -1.35. The molecule has 0 amide bonds. The van der Waals surface area contributed by atoms with Crippen LogP contribution >= 0.6 is 12.4 Å². The predicted octanol–water partition coefficient (Wildman–Crippen LogP) is 1.37. The van der Waals surface area contributed by atoms with Gasteiger partial charge in [-0.15, -0.1) is 12.4 Å². The van der Waals surface area contributed by atoms with Crippen LogP contribution in [0.15, 0.2) is 18.2 Å². The van der Waals surface area contributed by atoms with Gasteiger partial charge in [0.2, 0.25) is 0 Å². The molecular formula is C10H10ClF2NO3. The topological polar surface area (TPSA) is 80.4 Å². The molecule has 0 saturated carbocycles. The maximum Gasteiger partial charge on any atom is 0.320 e. The van der Waals surface area contributed by atoms with E-state index in [1.54, 1.807) is 0 Å². The normalized spacial score (nSPS) is 11.5. The summed E-state index contributed by atoms with van der Waals surface area (Å²) in [6.07, 6.45) is -0.458. The number of hydrogen-bond donors (Lipinski definition) is 2. The number of aliphatic carboxylic acids is 1. The van der Waals surface area contributed by atoms with Crippen LogP contribution in [0.3, 0.4) is 0 Å². The Morgan fingerprint density at radius 1 is 1.29 bits per heavy atom. The monoisotopic (exact) mass is 265 g/mol. The lowest BCUT2D eigenvalue weighted by Crippen LogP contribution is -2.32. The Morgan fingerprint density at radius 3 is 2.35 bits per heavy atom. The Balaban J connectivity index is 0.00000256. The second-order valence-corrected chi connectivity index (χ2v) is 3.20. The predicted molar refractivity (Wildman–Crippen MR) is 58.2 cm³/mol. The molecule has 0 fully saturated rings. The van der Waals surface area contributed by atoms with E-state index in [0.29, 0.717) is 6.07 Å². The number of halogens is 3. The van der Waals surface area contributed by atoms with Crippen LogP contribution < -0.4 is 5.73 Å². The van der Waals surface area contributed by atoms with Gasteiger partial charge in [0.1, 0.15) is 6.04 Å². The second-order valence-electron chi connectivity index (χ2n) is 3.20. The largest absolute Gasteiger partial charge is 0.480 e. The Labute approximate surface area is 102 Å². The van der Waals surface area contributed by atoms with Crippen molar-refractivity contribution < 1.29 is 23.5 Å². The summed E-state index contributed by atoms with van der Waals surface area (Å²) in [7, 11) is 0. The van der Waals surface area contributed by atoms with Crippen molar-refractivity contribution in [1.29, 1.82) is 0 Å². The molecule has 7 heteroatoms. The fourth-order valence-electron chi connectivity index (χ4n) is 1.07. The number of carbonyl (C=O) groups excluding carboxylic acids is 1. The van der Waals surface area contributed by atoms with Crippen molar-refractivity contribution in [1.82, 2.24) is 0 Å². The quantitative estimate of drug-likeness (QED) is 0.806. The summed E-state index contributed by atoms with van der Waals surface area (Å²) in [5.74, 6) is -4.20. The van der Waals surface area contributed by atoms with Crippen molar-refractivity contribution in [2.75, 3.05) is 0 Å². The third kappa shape index (κ3) is 4.08. The van der Waals surface area contributed by atoms with Crippen LogP contribution in [0.2, 0.25) is 0 Å². The third-order valence-electron chi connectivity index (χ3n) is 1.96. The third-order valence-corrected chi connectivity index (χ3v) is 1.96. The summed E-state index contributed by atoms with van der Waals surface area (Å²) >= 11 is 0. The van der Waals surface area contributed by atoms with E-state index < -0.39 is 35.8 Å². The Hall–Kier alpha value is -1.53. The summed E-state index contributed by atoms with van der Waals surface area (Å²) < 4.78 is 25.3. The van der Waals surface area contributed by atoms with Gasteiger partial charge in [-0.25, -0.2) is 8.78 Å². The van der Waals surface area contributed by atoms with Crippen LogP contribution in [0.5, 0.6) is 0 Å². The molecule has 4 nitrogen and oxygen atoms in total. The highest BCUT2D eigenvalue weighted by Crippen LogP contribution is 2.11. The number of ketones is 1. The molecule has 1 aromatic rings. The summed E-state index contributed by atoms with van der Waals surface area (Å²) in [5.41, 5.74) is 5.03. The van der Waals surface area contributed by atoms with E-state index in [2.05, 4.69) is 0 Å². The fraction of sp³-hybridized carbons (Fsp3) is 0.200. The van der Waals surface area contributed by atoms with Gasteiger partial charge < -0.3 is 10.8 Å². The molecule has 1 atom stereocenters. The molecule has 1 aromatic carbocycles. The van der Waals surface area contributed by atoms with Crippen molar-refractivity contribution in [3.63, 3.8) is 0 Å². The lowest BCUT2D eigenvalue weighted by Gasteiger charge is -2.05. The van der Waals surface area contributed by atoms with Crippen LogP contribution in [-0.4, -0.2) is 22.9 Å². The zero-order chi connectivity index (χ0) is 12.3. The average Bonchev–Trinajstić information content (AvgIpc) is 2.21. The summed E-state index contributed by atoms with van der Waals surface area (Å²) in [5, 5.41) is 8.47. The number of carbonyl (C=O) groups is 2. The second kappa shape index (κ2) is 6.27. The van der Waals surface area contributed by atoms with Crippen LogP contribution in [0.4, 0.5) is 8.78 Å². The molecule has 0 aromatic heterocycles. The first-order chi connectivity index (χ1) is 7.41. The molecule has 17 heavy (non-hydrogen) atoms. The smallest absolute Gasteiger partial charge is 0.320 e. The number of carboxylic acids is 1. The molecule has 0 bridgehead atoms. The highest BCUT2D eigenvalue weighted by molar-refractivity contribution is 5.98. The Kier molecular flexibility index (Phi) is 5.70. The molecule has 0 saturated heterocycles. The number of rotatable bonds is 4. The lowest BCUT2D eigenvalue weighted by atomic mass is 10.0. The van der Waals surface area contributed by atoms with E-state index in [9.17, 15) is 18.4 Å². The van der Waals surface area contributed by atoms with Crippen molar-refractivity contribution in [2.45, 2.75) is 12.5 Å². The molecular weight excluding hydrogens is 256 g/mol. The first-order valence-electron chi connectivity index (χ1n) is 4.38. The zero-order valence-electron chi connectivity index (χ0n) is 8.52. The van der Waals surface area contributed by atoms with E-state index in [1.165, 1.54) is 0 Å². The van der Waals surface area contributed by atoms with Crippen LogP contribution in [0.1, 0.15) is 16.8 Å². The van der Waals surface area contributed by atoms with Crippen molar-refractivity contribution >= 4 is 24.2 Å². The number of carboxylic acid groups (broad SMARTS) is 1. The highest BCUT2D eigenvalue weighted by atomic mass is 35.5. The molecule has 1 rings (SSSR count). The SMILES string of the molecule is Cl.N[C@H](CC(=O)c1ccc(F)c(F)c1)C(=O)O. The maximum atomic E-state index is 12.8. The van der Waals surface area contributed by atoms with Crippen LogP contribution in [0.25, 0.3) is 0 Å². The molecule has 3 N–H and O–H groups in total. The number of hydrogen-bond acceptors (Lipinski definition) is 3. The molecule has 0 spiro atoms. The van der Waals surface area contributed by atoms with Gasteiger partial charge in [-0.2, -0.15) is 0 Å². The van der Waals surface area contributed by atoms with Crippen LogP contribution in [-0.2, 0) is 4.79 Å². The van der Waals surface area contributed by atoms with Crippen molar-refractivity contribution in [3.05, 3.63) is 35.4 Å². The van der Waals surface area contributed by atoms with E-state index in [1.807, 2.05) is 0 Å². The number of nitrogens with two attached hydrogens (primary N) is 1. The van der Waals surface area contributed by atoms with E-state index in [0.717, 1.165) is 12.1 Å². The average molecular weight is 266 g/mol. The molecule has 0 aliphatic heterocycles. The van der Waals surface area contributed by atoms with Gasteiger partial charge in [0.25, 0.3) is 0 Å². The Morgan fingerprint density at radius 2 is 1.88 bits per heavy atom. The molecule has 0 aliphatic carbocycles. The summed E-state index contributed by atoms with van der Waals surface area (Å²) in [6.45, 7) is 0. The maximum absolute atomic E-state index is 12.8. The minimum Gasteiger partial charge on any atom is -0.480 e. The number of Topliss-reactive ketones (excluding diaryl/α,β-unsaturated/α-hetero) is 1. The fourth-order valence-corrected chi connectivity index (χ4v) is 1.07.